The molecule has 7 heteroatoms. The summed E-state index contributed by atoms with van der Waals surface area (Å²) in [6, 6.07) is 14.0. The van der Waals surface area contributed by atoms with E-state index in [2.05, 4.69) is 20.6 Å². The van der Waals surface area contributed by atoms with Gasteiger partial charge in [0.2, 0.25) is 11.8 Å². The lowest BCUT2D eigenvalue weighted by molar-refractivity contribution is -0.127. The molecule has 0 spiro atoms. The Labute approximate surface area is 161 Å². The Balaban J connectivity index is 1.33. The van der Waals surface area contributed by atoms with E-state index in [-0.39, 0.29) is 23.7 Å². The number of carbonyl (C=O) groups is 2. The van der Waals surface area contributed by atoms with Crippen molar-refractivity contribution in [2.75, 3.05) is 5.32 Å². The van der Waals surface area contributed by atoms with E-state index in [1.165, 1.54) is 0 Å². The number of hydrogen-bond acceptors (Lipinski definition) is 3. The van der Waals surface area contributed by atoms with Gasteiger partial charge >= 0.3 is 0 Å². The first-order valence-electron chi connectivity index (χ1n) is 8.83. The minimum atomic E-state index is -0.634. The monoisotopic (exact) mass is 382 g/mol. The number of amides is 2. The van der Waals surface area contributed by atoms with Gasteiger partial charge in [-0.05, 0) is 49.7 Å². The Kier molecular flexibility index (Phi) is 4.58. The molecule has 27 heavy (non-hydrogen) atoms. The first-order chi connectivity index (χ1) is 13.0. The second-order valence-electron chi connectivity index (χ2n) is 6.81. The first kappa shape index (κ1) is 17.5. The maximum atomic E-state index is 12.5. The van der Waals surface area contributed by atoms with Gasteiger partial charge in [0.15, 0.2) is 0 Å². The van der Waals surface area contributed by atoms with Crippen molar-refractivity contribution in [2.45, 2.75) is 25.3 Å². The smallest absolute Gasteiger partial charge is 0.246 e. The third-order valence-corrected chi connectivity index (χ3v) is 5.00. The molecule has 0 bridgehead atoms. The molecular weight excluding hydrogens is 364 g/mol. The SMILES string of the molecule is CC(NC(=O)C1CC1c1nc2ccccc2[nH]1)C(=O)Nc1ccc(Cl)cc1. The lowest BCUT2D eigenvalue weighted by Crippen LogP contribution is -2.42. The molecule has 3 aromatic rings. The van der Waals surface area contributed by atoms with Gasteiger partial charge in [-0.1, -0.05) is 23.7 Å². The minimum absolute atomic E-state index is 0.0731. The van der Waals surface area contributed by atoms with Crippen LogP contribution in [0.5, 0.6) is 0 Å². The zero-order chi connectivity index (χ0) is 19.0. The summed E-state index contributed by atoms with van der Waals surface area (Å²) in [5, 5.41) is 6.15. The number of rotatable bonds is 5. The zero-order valence-electron chi connectivity index (χ0n) is 14.7. The van der Waals surface area contributed by atoms with Gasteiger partial charge in [-0.2, -0.15) is 0 Å². The molecule has 2 amide bonds. The fourth-order valence-electron chi connectivity index (χ4n) is 3.10. The molecule has 1 saturated carbocycles. The highest BCUT2D eigenvalue weighted by atomic mass is 35.5. The van der Waals surface area contributed by atoms with Crippen LogP contribution in [0.4, 0.5) is 5.69 Å². The molecule has 0 radical (unpaired) electrons. The van der Waals surface area contributed by atoms with E-state index in [0.29, 0.717) is 10.7 Å². The molecule has 0 saturated heterocycles. The fraction of sp³-hybridized carbons (Fsp3) is 0.250. The Bertz CT molecular complexity index is 966. The molecule has 1 heterocycles. The number of benzene rings is 2. The van der Waals surface area contributed by atoms with E-state index in [1.807, 2.05) is 24.3 Å². The van der Waals surface area contributed by atoms with Crippen LogP contribution in [0.15, 0.2) is 48.5 Å². The van der Waals surface area contributed by atoms with Crippen molar-refractivity contribution in [1.29, 1.82) is 0 Å². The van der Waals surface area contributed by atoms with Gasteiger partial charge < -0.3 is 15.6 Å². The number of anilines is 1. The Morgan fingerprint density at radius 2 is 1.93 bits per heavy atom. The molecule has 138 valence electrons. The lowest BCUT2D eigenvalue weighted by Gasteiger charge is -2.14. The van der Waals surface area contributed by atoms with Crippen molar-refractivity contribution >= 4 is 40.1 Å². The lowest BCUT2D eigenvalue weighted by atomic mass is 10.2. The van der Waals surface area contributed by atoms with Crippen LogP contribution < -0.4 is 10.6 Å². The summed E-state index contributed by atoms with van der Waals surface area (Å²) < 4.78 is 0. The molecule has 3 unspecified atom stereocenters. The number of fused-ring (bicyclic) bond motifs is 1. The number of para-hydroxylation sites is 2. The number of aromatic amines is 1. The summed E-state index contributed by atoms with van der Waals surface area (Å²) in [7, 11) is 0. The summed E-state index contributed by atoms with van der Waals surface area (Å²) in [6.07, 6.45) is 0.733. The molecule has 2 aromatic carbocycles. The topological polar surface area (TPSA) is 86.9 Å². The van der Waals surface area contributed by atoms with Crippen LogP contribution in [0, 0.1) is 5.92 Å². The van der Waals surface area contributed by atoms with E-state index in [1.54, 1.807) is 31.2 Å². The molecule has 1 aliphatic rings. The quantitative estimate of drug-likeness (QED) is 0.631. The van der Waals surface area contributed by atoms with Crippen LogP contribution in [0.25, 0.3) is 11.0 Å². The molecule has 1 fully saturated rings. The summed E-state index contributed by atoms with van der Waals surface area (Å²) in [4.78, 5) is 32.6. The summed E-state index contributed by atoms with van der Waals surface area (Å²) in [5.74, 6) is 0.348. The number of nitrogens with zero attached hydrogens (tertiary/aromatic N) is 1. The summed E-state index contributed by atoms with van der Waals surface area (Å²) in [6.45, 7) is 1.67. The van der Waals surface area contributed by atoms with Crippen LogP contribution in [0.3, 0.4) is 0 Å². The molecule has 3 N–H and O–H groups in total. The molecule has 4 rings (SSSR count). The van der Waals surface area contributed by atoms with Gasteiger partial charge in [-0.3, -0.25) is 9.59 Å². The summed E-state index contributed by atoms with van der Waals surface area (Å²) >= 11 is 5.83. The highest BCUT2D eigenvalue weighted by molar-refractivity contribution is 6.30. The van der Waals surface area contributed by atoms with Crippen molar-refractivity contribution in [3.63, 3.8) is 0 Å². The van der Waals surface area contributed by atoms with Gasteiger partial charge in [-0.25, -0.2) is 4.98 Å². The highest BCUT2D eigenvalue weighted by Crippen LogP contribution is 2.46. The van der Waals surface area contributed by atoms with Gasteiger partial charge in [0.25, 0.3) is 0 Å². The van der Waals surface area contributed by atoms with Gasteiger partial charge in [0.1, 0.15) is 11.9 Å². The van der Waals surface area contributed by atoms with Crippen LogP contribution >= 0.6 is 11.6 Å². The number of hydrogen-bond donors (Lipinski definition) is 3. The van der Waals surface area contributed by atoms with Crippen LogP contribution in [0.1, 0.15) is 25.1 Å². The standard InChI is InChI=1S/C20H19ClN4O2/c1-11(19(26)23-13-8-6-12(21)7-9-13)22-20(27)15-10-14(15)18-24-16-4-2-3-5-17(16)25-18/h2-9,11,14-15H,10H2,1H3,(H,22,27)(H,23,26)(H,24,25). The van der Waals surface area contributed by atoms with Gasteiger partial charge in [0, 0.05) is 22.5 Å². The maximum Gasteiger partial charge on any atom is 0.246 e. The number of halogens is 1. The van der Waals surface area contributed by atoms with E-state index in [0.717, 1.165) is 23.3 Å². The normalized spacial score (nSPS) is 19.5. The number of aromatic nitrogens is 2. The molecule has 1 aliphatic carbocycles. The number of H-pyrrole nitrogens is 1. The van der Waals surface area contributed by atoms with Crippen LogP contribution in [0.2, 0.25) is 5.02 Å². The average Bonchev–Trinajstić information content (AvgIpc) is 3.35. The number of nitrogens with one attached hydrogen (secondary N) is 3. The second-order valence-corrected chi connectivity index (χ2v) is 7.25. The van der Waals surface area contributed by atoms with E-state index in [9.17, 15) is 9.59 Å². The zero-order valence-corrected chi connectivity index (χ0v) is 15.5. The van der Waals surface area contributed by atoms with E-state index < -0.39 is 6.04 Å². The first-order valence-corrected chi connectivity index (χ1v) is 9.20. The molecular formula is C20H19ClN4O2. The highest BCUT2D eigenvalue weighted by Gasteiger charge is 2.46. The Morgan fingerprint density at radius 1 is 1.19 bits per heavy atom. The van der Waals surface area contributed by atoms with Crippen molar-refractivity contribution in [3.8, 4) is 0 Å². The predicted octanol–water partition coefficient (Wildman–Crippen LogP) is 3.46. The van der Waals surface area contributed by atoms with E-state index >= 15 is 0 Å². The molecule has 6 nitrogen and oxygen atoms in total. The third-order valence-electron chi connectivity index (χ3n) is 4.75. The second kappa shape index (κ2) is 7.04. The predicted molar refractivity (Wildman–Crippen MR) is 105 cm³/mol. The van der Waals surface area contributed by atoms with Crippen molar-refractivity contribution in [1.82, 2.24) is 15.3 Å². The van der Waals surface area contributed by atoms with Crippen LogP contribution in [-0.4, -0.2) is 27.8 Å². The van der Waals surface area contributed by atoms with E-state index in [4.69, 9.17) is 11.6 Å². The van der Waals surface area contributed by atoms with Crippen LogP contribution in [-0.2, 0) is 9.59 Å². The maximum absolute atomic E-state index is 12.5. The average molecular weight is 383 g/mol. The molecule has 0 aliphatic heterocycles. The number of carbonyl (C=O) groups excluding carboxylic acids is 2. The van der Waals surface area contributed by atoms with Crippen molar-refractivity contribution in [3.05, 3.63) is 59.4 Å². The minimum Gasteiger partial charge on any atom is -0.344 e. The third kappa shape index (κ3) is 3.80. The Morgan fingerprint density at radius 3 is 2.67 bits per heavy atom. The van der Waals surface area contributed by atoms with Crippen molar-refractivity contribution < 1.29 is 9.59 Å². The molecule has 1 aromatic heterocycles. The fourth-order valence-corrected chi connectivity index (χ4v) is 3.23. The largest absolute Gasteiger partial charge is 0.344 e. The summed E-state index contributed by atoms with van der Waals surface area (Å²) in [5.41, 5.74) is 2.50. The van der Waals surface area contributed by atoms with Crippen molar-refractivity contribution in [2.24, 2.45) is 5.92 Å². The van der Waals surface area contributed by atoms with Gasteiger partial charge in [0.05, 0.1) is 11.0 Å². The number of imidazole rings is 1. The Hall–Kier alpha value is -2.86. The van der Waals surface area contributed by atoms with Gasteiger partial charge in [-0.15, -0.1) is 0 Å². The molecule has 3 atom stereocenters.